The molecule has 2 heterocycles. The van der Waals surface area contributed by atoms with Gasteiger partial charge in [-0.25, -0.2) is 0 Å². The first kappa shape index (κ1) is 10.4. The molecule has 2 aromatic rings. The summed E-state index contributed by atoms with van der Waals surface area (Å²) in [7, 11) is 0. The summed E-state index contributed by atoms with van der Waals surface area (Å²) in [5, 5.41) is 4.82. The molecule has 0 spiro atoms. The van der Waals surface area contributed by atoms with Crippen molar-refractivity contribution in [3.05, 3.63) is 33.9 Å². The van der Waals surface area contributed by atoms with Crippen LogP contribution in [0.1, 0.15) is 23.6 Å². The number of hydrogen-bond donors (Lipinski definition) is 2. The van der Waals surface area contributed by atoms with E-state index < -0.39 is 0 Å². The molecule has 2 N–H and O–H groups in total. The zero-order valence-corrected chi connectivity index (χ0v) is 10.9. The van der Waals surface area contributed by atoms with E-state index in [1.165, 1.54) is 28.6 Å². The van der Waals surface area contributed by atoms with E-state index in [9.17, 15) is 0 Å². The molecule has 1 atom stereocenters. The number of benzene rings is 1. The van der Waals surface area contributed by atoms with Crippen LogP contribution in [0.25, 0.3) is 10.9 Å². The largest absolute Gasteiger partial charge is 0.357 e. The number of rotatable bonds is 1. The van der Waals surface area contributed by atoms with Crippen molar-refractivity contribution >= 4 is 26.8 Å². The summed E-state index contributed by atoms with van der Waals surface area (Å²) in [4.78, 5) is 3.50. The van der Waals surface area contributed by atoms with Crippen molar-refractivity contribution in [3.8, 4) is 0 Å². The Bertz CT molecular complexity index is 524. The minimum atomic E-state index is 0.669. The van der Waals surface area contributed by atoms with Crippen LogP contribution in [0.15, 0.2) is 22.7 Å². The lowest BCUT2D eigenvalue weighted by atomic mass is 9.95. The average molecular weight is 279 g/mol. The SMILES string of the molecule is Cc1[nH]c2c(Br)cccc2c1C1CCNC1. The van der Waals surface area contributed by atoms with E-state index in [0.717, 1.165) is 17.6 Å². The second kappa shape index (κ2) is 3.90. The van der Waals surface area contributed by atoms with Crippen LogP contribution in [0.2, 0.25) is 0 Å². The second-order valence-electron chi connectivity index (χ2n) is 4.52. The highest BCUT2D eigenvalue weighted by atomic mass is 79.9. The Morgan fingerprint density at radius 1 is 1.38 bits per heavy atom. The van der Waals surface area contributed by atoms with E-state index in [1.807, 2.05) is 0 Å². The Hall–Kier alpha value is -0.800. The highest BCUT2D eigenvalue weighted by Crippen LogP contribution is 2.35. The van der Waals surface area contributed by atoms with Gasteiger partial charge < -0.3 is 10.3 Å². The molecule has 1 aromatic carbocycles. The van der Waals surface area contributed by atoms with Gasteiger partial charge in [0.25, 0.3) is 0 Å². The molecule has 0 aliphatic carbocycles. The fraction of sp³-hybridized carbons (Fsp3) is 0.385. The maximum atomic E-state index is 3.61. The average Bonchev–Trinajstić information content (AvgIpc) is 2.85. The first-order valence-corrected chi connectivity index (χ1v) is 6.54. The quantitative estimate of drug-likeness (QED) is 0.823. The molecule has 1 aromatic heterocycles. The third kappa shape index (κ3) is 1.50. The topological polar surface area (TPSA) is 27.8 Å². The first-order chi connectivity index (χ1) is 7.77. The number of halogens is 1. The number of aromatic nitrogens is 1. The van der Waals surface area contributed by atoms with Crippen LogP contribution in [0, 0.1) is 6.92 Å². The number of hydrogen-bond acceptors (Lipinski definition) is 1. The molecule has 3 rings (SSSR count). The summed E-state index contributed by atoms with van der Waals surface area (Å²) in [6.07, 6.45) is 1.25. The molecule has 1 aliphatic rings. The molecule has 1 unspecified atom stereocenters. The Morgan fingerprint density at radius 2 is 2.25 bits per heavy atom. The van der Waals surface area contributed by atoms with Crippen molar-refractivity contribution in [2.24, 2.45) is 0 Å². The number of nitrogens with one attached hydrogen (secondary N) is 2. The highest BCUT2D eigenvalue weighted by molar-refractivity contribution is 9.10. The minimum absolute atomic E-state index is 0.669. The van der Waals surface area contributed by atoms with Crippen LogP contribution >= 0.6 is 15.9 Å². The number of para-hydroxylation sites is 1. The molecule has 16 heavy (non-hydrogen) atoms. The first-order valence-electron chi connectivity index (χ1n) is 5.75. The van der Waals surface area contributed by atoms with Gasteiger partial charge in [-0.3, -0.25) is 0 Å². The fourth-order valence-electron chi connectivity index (χ4n) is 2.76. The summed E-state index contributed by atoms with van der Waals surface area (Å²) in [5.74, 6) is 0.669. The lowest BCUT2D eigenvalue weighted by Gasteiger charge is -2.08. The van der Waals surface area contributed by atoms with Gasteiger partial charge in [0.15, 0.2) is 0 Å². The molecule has 1 fully saturated rings. The minimum Gasteiger partial charge on any atom is -0.357 e. The van der Waals surface area contributed by atoms with Gasteiger partial charge in [-0.1, -0.05) is 12.1 Å². The Kier molecular flexibility index (Phi) is 2.52. The van der Waals surface area contributed by atoms with Crippen LogP contribution in [0.4, 0.5) is 0 Å². The summed E-state index contributed by atoms with van der Waals surface area (Å²) in [5.41, 5.74) is 4.05. The zero-order valence-electron chi connectivity index (χ0n) is 9.31. The molecule has 1 aliphatic heterocycles. The molecule has 1 saturated heterocycles. The van der Waals surface area contributed by atoms with Crippen molar-refractivity contribution in [2.75, 3.05) is 13.1 Å². The molecule has 3 heteroatoms. The van der Waals surface area contributed by atoms with Gasteiger partial charge in [-0.15, -0.1) is 0 Å². The maximum absolute atomic E-state index is 3.61. The van der Waals surface area contributed by atoms with Crippen LogP contribution in [0.5, 0.6) is 0 Å². The van der Waals surface area contributed by atoms with Crippen LogP contribution < -0.4 is 5.32 Å². The summed E-state index contributed by atoms with van der Waals surface area (Å²) in [6, 6.07) is 6.43. The van der Waals surface area contributed by atoms with E-state index >= 15 is 0 Å². The number of fused-ring (bicyclic) bond motifs is 1. The van der Waals surface area contributed by atoms with Crippen molar-refractivity contribution in [1.82, 2.24) is 10.3 Å². The molecule has 0 bridgehead atoms. The van der Waals surface area contributed by atoms with Gasteiger partial charge in [-0.05, 0) is 53.4 Å². The van der Waals surface area contributed by atoms with Crippen molar-refractivity contribution in [2.45, 2.75) is 19.3 Å². The van der Waals surface area contributed by atoms with Gasteiger partial charge in [0.2, 0.25) is 0 Å². The molecule has 0 saturated carbocycles. The molecule has 0 amide bonds. The third-order valence-corrected chi connectivity index (χ3v) is 4.15. The van der Waals surface area contributed by atoms with Gasteiger partial charge in [0.1, 0.15) is 0 Å². The number of aryl methyl sites for hydroxylation is 1. The summed E-state index contributed by atoms with van der Waals surface area (Å²) in [6.45, 7) is 4.44. The van der Waals surface area contributed by atoms with Gasteiger partial charge in [0.05, 0.1) is 5.52 Å². The van der Waals surface area contributed by atoms with Gasteiger partial charge in [0, 0.05) is 22.1 Å². The Balaban J connectivity index is 2.22. The number of H-pyrrole nitrogens is 1. The van der Waals surface area contributed by atoms with Gasteiger partial charge >= 0.3 is 0 Å². The third-order valence-electron chi connectivity index (χ3n) is 3.49. The molecule has 0 radical (unpaired) electrons. The lowest BCUT2D eigenvalue weighted by molar-refractivity contribution is 0.763. The maximum Gasteiger partial charge on any atom is 0.0603 e. The Morgan fingerprint density at radius 3 is 3.00 bits per heavy atom. The predicted octanol–water partition coefficient (Wildman–Crippen LogP) is 3.32. The summed E-state index contributed by atoms with van der Waals surface area (Å²) >= 11 is 3.61. The van der Waals surface area contributed by atoms with Crippen LogP contribution in [-0.2, 0) is 0 Å². The van der Waals surface area contributed by atoms with Crippen molar-refractivity contribution in [3.63, 3.8) is 0 Å². The highest BCUT2D eigenvalue weighted by Gasteiger charge is 2.22. The smallest absolute Gasteiger partial charge is 0.0603 e. The monoisotopic (exact) mass is 278 g/mol. The van der Waals surface area contributed by atoms with Gasteiger partial charge in [-0.2, -0.15) is 0 Å². The Labute approximate surface area is 104 Å². The fourth-order valence-corrected chi connectivity index (χ4v) is 3.22. The van der Waals surface area contributed by atoms with Crippen molar-refractivity contribution < 1.29 is 0 Å². The standard InChI is InChI=1S/C13H15BrN2/c1-8-12(9-5-6-15-7-9)10-3-2-4-11(14)13(10)16-8/h2-4,9,15-16H,5-7H2,1H3. The molecule has 84 valence electrons. The normalized spacial score (nSPS) is 20.8. The molecule has 2 nitrogen and oxygen atoms in total. The molecular formula is C13H15BrN2. The zero-order chi connectivity index (χ0) is 11.1. The lowest BCUT2D eigenvalue weighted by Crippen LogP contribution is -2.08. The van der Waals surface area contributed by atoms with E-state index in [4.69, 9.17) is 0 Å². The van der Waals surface area contributed by atoms with Crippen LogP contribution in [0.3, 0.4) is 0 Å². The van der Waals surface area contributed by atoms with E-state index in [1.54, 1.807) is 0 Å². The van der Waals surface area contributed by atoms with E-state index in [-0.39, 0.29) is 0 Å². The van der Waals surface area contributed by atoms with Crippen molar-refractivity contribution in [1.29, 1.82) is 0 Å². The van der Waals surface area contributed by atoms with Crippen LogP contribution in [-0.4, -0.2) is 18.1 Å². The van der Waals surface area contributed by atoms with E-state index in [0.29, 0.717) is 5.92 Å². The summed E-state index contributed by atoms with van der Waals surface area (Å²) < 4.78 is 1.16. The predicted molar refractivity (Wildman–Crippen MR) is 71.0 cm³/mol. The molecular weight excluding hydrogens is 264 g/mol. The van der Waals surface area contributed by atoms with E-state index in [2.05, 4.69) is 51.4 Å². The second-order valence-corrected chi connectivity index (χ2v) is 5.37. The number of aromatic amines is 1.